The van der Waals surface area contributed by atoms with Crippen LogP contribution in [0.25, 0.3) is 0 Å². The number of allylic oxidation sites excluding steroid dienone is 2. The maximum absolute atomic E-state index is 10.1. The van der Waals surface area contributed by atoms with Gasteiger partial charge in [0.05, 0.1) is 0 Å². The molecule has 2 heteroatoms. The van der Waals surface area contributed by atoms with Crippen LogP contribution in [0.5, 0.6) is 0 Å². The van der Waals surface area contributed by atoms with E-state index in [0.29, 0.717) is 0 Å². The van der Waals surface area contributed by atoms with Gasteiger partial charge in [-0.2, -0.15) is 4.99 Å². The van der Waals surface area contributed by atoms with E-state index in [1.54, 1.807) is 12.2 Å². The monoisotopic (exact) mass is 93.0 g/mol. The van der Waals surface area contributed by atoms with Crippen LogP contribution in [0.3, 0.4) is 0 Å². The topological polar surface area (TPSA) is 29.4 Å². The van der Waals surface area contributed by atoms with Crippen molar-refractivity contribution < 1.29 is 4.79 Å². The van der Waals surface area contributed by atoms with Crippen molar-refractivity contribution in [1.29, 1.82) is 0 Å². The number of aliphatic imine (C=N–C) groups is 1. The molecule has 0 aromatic carbocycles. The van der Waals surface area contributed by atoms with Crippen molar-refractivity contribution in [1.82, 2.24) is 0 Å². The summed E-state index contributed by atoms with van der Waals surface area (Å²) < 4.78 is 0. The second-order valence-electron chi connectivity index (χ2n) is 1.10. The molecule has 0 atom stereocenters. The summed E-state index contributed by atoms with van der Waals surface area (Å²) in [7, 11) is 0. The summed E-state index contributed by atoms with van der Waals surface area (Å²) in [5.74, 6) is 2.16. The van der Waals surface area contributed by atoms with Gasteiger partial charge in [-0.15, -0.1) is 0 Å². The standard InChI is InChI=1S/C5H3NO/c7-5-3-1-2-4-6-5/h1-3H. The van der Waals surface area contributed by atoms with Crippen LogP contribution < -0.4 is 0 Å². The molecule has 0 aromatic heterocycles. The third-order valence-corrected chi connectivity index (χ3v) is 0.584. The summed E-state index contributed by atoms with van der Waals surface area (Å²) in [6.45, 7) is 0. The number of hydrogen-bond donors (Lipinski definition) is 0. The van der Waals surface area contributed by atoms with Gasteiger partial charge in [-0.3, -0.25) is 4.79 Å². The van der Waals surface area contributed by atoms with E-state index in [4.69, 9.17) is 0 Å². The van der Waals surface area contributed by atoms with Crippen molar-refractivity contribution in [2.75, 3.05) is 0 Å². The molecule has 0 fully saturated rings. The van der Waals surface area contributed by atoms with Gasteiger partial charge in [0.2, 0.25) is 0 Å². The van der Waals surface area contributed by atoms with Gasteiger partial charge in [-0.1, -0.05) is 0 Å². The lowest BCUT2D eigenvalue weighted by Gasteiger charge is -1.78. The molecule has 1 rings (SSSR count). The van der Waals surface area contributed by atoms with Gasteiger partial charge in [0.1, 0.15) is 0 Å². The summed E-state index contributed by atoms with van der Waals surface area (Å²) in [4.78, 5) is 13.4. The van der Waals surface area contributed by atoms with Gasteiger partial charge in [0, 0.05) is 12.2 Å². The average molecular weight is 93.1 g/mol. The van der Waals surface area contributed by atoms with Crippen molar-refractivity contribution in [3.05, 3.63) is 18.2 Å². The fourth-order valence-electron chi connectivity index (χ4n) is 0.312. The molecular weight excluding hydrogens is 90.1 g/mol. The summed E-state index contributed by atoms with van der Waals surface area (Å²) in [6.07, 6.45) is 4.58. The highest BCUT2D eigenvalue weighted by Crippen LogP contribution is 1.81. The first kappa shape index (κ1) is 4.03. The minimum atomic E-state index is -0.234. The predicted octanol–water partition coefficient (Wildman–Crippen LogP) is 0.309. The summed E-state index contributed by atoms with van der Waals surface area (Å²) in [6, 6.07) is 0. The molecule has 1 heterocycles. The predicted molar refractivity (Wildman–Crippen MR) is 26.2 cm³/mol. The fourth-order valence-corrected chi connectivity index (χ4v) is 0.312. The van der Waals surface area contributed by atoms with Crippen LogP contribution in [0.2, 0.25) is 0 Å². The number of amides is 1. The van der Waals surface area contributed by atoms with E-state index in [1.165, 1.54) is 6.08 Å². The van der Waals surface area contributed by atoms with E-state index < -0.39 is 0 Å². The van der Waals surface area contributed by atoms with Crippen LogP contribution in [0.1, 0.15) is 0 Å². The third kappa shape index (κ3) is 0.845. The Hall–Kier alpha value is -1.14. The van der Waals surface area contributed by atoms with Gasteiger partial charge in [-0.25, -0.2) is 0 Å². The zero-order valence-corrected chi connectivity index (χ0v) is 3.59. The molecule has 1 aliphatic rings. The smallest absolute Gasteiger partial charge is 0.267 e. The normalized spacial score (nSPS) is 15.7. The molecule has 0 saturated carbocycles. The molecule has 0 aliphatic carbocycles. The number of carbonyl (C=O) groups excluding carboxylic acids is 1. The van der Waals surface area contributed by atoms with E-state index in [2.05, 4.69) is 10.9 Å². The average Bonchev–Trinajstić information content (AvgIpc) is 1.69. The zero-order valence-electron chi connectivity index (χ0n) is 3.59. The number of hydrogen-bond acceptors (Lipinski definition) is 1. The van der Waals surface area contributed by atoms with Gasteiger partial charge in [0.25, 0.3) is 5.91 Å². The van der Waals surface area contributed by atoms with E-state index in [-0.39, 0.29) is 5.91 Å². The van der Waals surface area contributed by atoms with Crippen molar-refractivity contribution in [2.45, 2.75) is 0 Å². The second kappa shape index (κ2) is 1.54. The van der Waals surface area contributed by atoms with Crippen LogP contribution in [-0.4, -0.2) is 11.8 Å². The molecule has 0 N–H and O–H groups in total. The van der Waals surface area contributed by atoms with E-state index >= 15 is 0 Å². The van der Waals surface area contributed by atoms with Crippen molar-refractivity contribution in [2.24, 2.45) is 4.99 Å². The maximum Gasteiger partial charge on any atom is 0.277 e. The lowest BCUT2D eigenvalue weighted by molar-refractivity contribution is -0.113. The summed E-state index contributed by atoms with van der Waals surface area (Å²) in [5, 5.41) is 0. The van der Waals surface area contributed by atoms with Crippen molar-refractivity contribution >= 4 is 11.8 Å². The lowest BCUT2D eigenvalue weighted by Crippen LogP contribution is -1.86. The maximum atomic E-state index is 10.1. The minimum absolute atomic E-state index is 0.234. The molecule has 0 aromatic rings. The first-order chi connectivity index (χ1) is 3.39. The van der Waals surface area contributed by atoms with E-state index in [1.807, 2.05) is 0 Å². The fraction of sp³-hybridized carbons (Fsp3) is 0. The Morgan fingerprint density at radius 1 is 1.71 bits per heavy atom. The van der Waals surface area contributed by atoms with Crippen molar-refractivity contribution in [3.63, 3.8) is 0 Å². The molecule has 2 nitrogen and oxygen atoms in total. The molecule has 7 heavy (non-hydrogen) atoms. The van der Waals surface area contributed by atoms with Crippen molar-refractivity contribution in [3.8, 4) is 0 Å². The molecule has 0 spiro atoms. The highest BCUT2D eigenvalue weighted by Gasteiger charge is 1.87. The first-order valence-electron chi connectivity index (χ1n) is 1.90. The zero-order chi connectivity index (χ0) is 5.11. The minimum Gasteiger partial charge on any atom is -0.267 e. The molecule has 0 saturated heterocycles. The summed E-state index contributed by atoms with van der Waals surface area (Å²) >= 11 is 0. The number of carbonyl (C=O) groups is 1. The van der Waals surface area contributed by atoms with E-state index in [0.717, 1.165) is 0 Å². The van der Waals surface area contributed by atoms with Crippen LogP contribution >= 0.6 is 0 Å². The van der Waals surface area contributed by atoms with Crippen LogP contribution in [0, 0.1) is 0 Å². The van der Waals surface area contributed by atoms with Crippen LogP contribution in [0.4, 0.5) is 0 Å². The number of rotatable bonds is 0. The van der Waals surface area contributed by atoms with Crippen LogP contribution in [-0.2, 0) is 4.79 Å². The molecule has 0 unspecified atom stereocenters. The summed E-state index contributed by atoms with van der Waals surface area (Å²) in [5.41, 5.74) is 0. The Kier molecular flexibility index (Phi) is 0.886. The lowest BCUT2D eigenvalue weighted by atomic mass is 10.4. The van der Waals surface area contributed by atoms with Gasteiger partial charge in [0.15, 0.2) is 0 Å². The molecular formula is C5H3NO. The molecule has 0 bridgehead atoms. The molecule has 34 valence electrons. The third-order valence-electron chi connectivity index (χ3n) is 0.584. The van der Waals surface area contributed by atoms with Crippen LogP contribution in [0.15, 0.2) is 23.2 Å². The highest BCUT2D eigenvalue weighted by molar-refractivity contribution is 5.95. The largest absolute Gasteiger partial charge is 0.277 e. The van der Waals surface area contributed by atoms with Gasteiger partial charge < -0.3 is 0 Å². The molecule has 1 amide bonds. The second-order valence-corrected chi connectivity index (χ2v) is 1.10. The Bertz CT molecular complexity index is 173. The van der Waals surface area contributed by atoms with Gasteiger partial charge in [-0.05, 0) is 11.9 Å². The Morgan fingerprint density at radius 3 is 2.86 bits per heavy atom. The molecule has 1 aliphatic heterocycles. The SMILES string of the molecule is O=C1C=CC=C=N1. The highest BCUT2D eigenvalue weighted by atomic mass is 16.1. The number of nitrogens with zero attached hydrogens (tertiary/aromatic N) is 1. The first-order valence-corrected chi connectivity index (χ1v) is 1.90. The van der Waals surface area contributed by atoms with Gasteiger partial charge >= 0.3 is 0 Å². The Morgan fingerprint density at radius 2 is 2.57 bits per heavy atom. The quantitative estimate of drug-likeness (QED) is 0.423. The molecule has 0 radical (unpaired) electrons. The Labute approximate surface area is 40.9 Å². The van der Waals surface area contributed by atoms with E-state index in [9.17, 15) is 4.79 Å². The Balaban J connectivity index is 2.98.